The van der Waals surface area contributed by atoms with Crippen molar-refractivity contribution >= 4 is 11.8 Å². The molecule has 1 aromatic carbocycles. The Morgan fingerprint density at radius 1 is 0.791 bits per heavy atom. The molecule has 43 heavy (non-hydrogen) atoms. The average Bonchev–Trinajstić information content (AvgIpc) is 2.97. The number of hydrogen-bond acceptors (Lipinski definition) is 3. The summed E-state index contributed by atoms with van der Waals surface area (Å²) in [4.78, 5) is 27.5. The molecule has 2 aromatic rings. The van der Waals surface area contributed by atoms with Crippen molar-refractivity contribution in [1.82, 2.24) is 4.90 Å². The molecule has 0 atom stereocenters. The third-order valence-electron chi connectivity index (χ3n) is 8.23. The zero-order valence-corrected chi connectivity index (χ0v) is 28.4. The second-order valence-electron chi connectivity index (χ2n) is 13.2. The van der Waals surface area contributed by atoms with Gasteiger partial charge in [0.1, 0.15) is 12.3 Å². The monoisotopic (exact) mass is 593 g/mol. The van der Waals surface area contributed by atoms with E-state index >= 15 is 0 Å². The molecule has 0 unspecified atom stereocenters. The van der Waals surface area contributed by atoms with E-state index in [1.165, 1.54) is 88.1 Å². The van der Waals surface area contributed by atoms with Crippen LogP contribution in [0, 0.1) is 0 Å². The van der Waals surface area contributed by atoms with Gasteiger partial charge < -0.3 is 4.74 Å². The number of benzene rings is 1. The van der Waals surface area contributed by atoms with E-state index in [0.717, 1.165) is 43.5 Å². The zero-order valence-electron chi connectivity index (χ0n) is 28.4. The third-order valence-corrected chi connectivity index (χ3v) is 8.23. The van der Waals surface area contributed by atoms with Crippen LogP contribution in [0.4, 0.5) is 0 Å². The van der Waals surface area contributed by atoms with E-state index in [1.807, 2.05) is 30.3 Å². The number of pyridine rings is 1. The number of rotatable bonds is 21. The topological polar surface area (TPSA) is 50.5 Å². The van der Waals surface area contributed by atoms with Gasteiger partial charge in [-0.3, -0.25) is 14.5 Å². The SMILES string of the molecule is CCCCCCCCCCCCCCOc1ccc(C(=O)N(CCCc2cccc[n+]2CCC)C(C)=O)cc1C(C)(C)C. The minimum atomic E-state index is -0.236. The summed E-state index contributed by atoms with van der Waals surface area (Å²) in [7, 11) is 0. The average molecular weight is 594 g/mol. The summed E-state index contributed by atoms with van der Waals surface area (Å²) in [5, 5.41) is 0. The summed E-state index contributed by atoms with van der Waals surface area (Å²) in [6, 6.07) is 11.9. The number of aromatic nitrogens is 1. The van der Waals surface area contributed by atoms with Gasteiger partial charge in [0.25, 0.3) is 5.91 Å². The molecule has 0 aliphatic rings. The van der Waals surface area contributed by atoms with Crippen LogP contribution in [-0.4, -0.2) is 29.9 Å². The lowest BCUT2D eigenvalue weighted by Crippen LogP contribution is -2.39. The lowest BCUT2D eigenvalue weighted by molar-refractivity contribution is -0.704. The molecule has 0 radical (unpaired) electrons. The van der Waals surface area contributed by atoms with Crippen molar-refractivity contribution in [1.29, 1.82) is 0 Å². The first kappa shape index (κ1) is 36.5. The summed E-state index contributed by atoms with van der Waals surface area (Å²) in [5.74, 6) is 0.384. The molecule has 2 amide bonds. The molecule has 1 aromatic heterocycles. The lowest BCUT2D eigenvalue weighted by Gasteiger charge is -2.25. The summed E-state index contributed by atoms with van der Waals surface area (Å²) in [5.41, 5.74) is 2.58. The van der Waals surface area contributed by atoms with Crippen LogP contribution in [0.3, 0.4) is 0 Å². The molecule has 5 nitrogen and oxygen atoms in total. The van der Waals surface area contributed by atoms with Gasteiger partial charge in [0.05, 0.1) is 6.61 Å². The number of ether oxygens (including phenoxy) is 1. The maximum absolute atomic E-state index is 13.5. The van der Waals surface area contributed by atoms with Gasteiger partial charge in [0.2, 0.25) is 5.91 Å². The molecule has 5 heteroatoms. The van der Waals surface area contributed by atoms with Crippen LogP contribution in [0.5, 0.6) is 5.75 Å². The van der Waals surface area contributed by atoms with E-state index < -0.39 is 0 Å². The minimum Gasteiger partial charge on any atom is -0.493 e. The smallest absolute Gasteiger partial charge is 0.260 e. The van der Waals surface area contributed by atoms with Gasteiger partial charge in [0, 0.05) is 49.6 Å². The van der Waals surface area contributed by atoms with Crippen molar-refractivity contribution in [2.45, 2.75) is 150 Å². The van der Waals surface area contributed by atoms with E-state index in [2.05, 4.69) is 51.4 Å². The van der Waals surface area contributed by atoms with Crippen molar-refractivity contribution in [2.75, 3.05) is 13.2 Å². The number of carbonyl (C=O) groups is 2. The Morgan fingerprint density at radius 2 is 1.42 bits per heavy atom. The van der Waals surface area contributed by atoms with Crippen LogP contribution in [0.15, 0.2) is 42.6 Å². The van der Waals surface area contributed by atoms with Gasteiger partial charge in [0.15, 0.2) is 11.9 Å². The lowest BCUT2D eigenvalue weighted by atomic mass is 9.85. The molecule has 0 N–H and O–H groups in total. The predicted octanol–water partition coefficient (Wildman–Crippen LogP) is 9.38. The zero-order chi connectivity index (χ0) is 31.5. The number of hydrogen-bond donors (Lipinski definition) is 0. The van der Waals surface area contributed by atoms with Crippen LogP contribution in [0.2, 0.25) is 0 Å². The van der Waals surface area contributed by atoms with E-state index in [4.69, 9.17) is 4.74 Å². The molecule has 0 spiro atoms. The summed E-state index contributed by atoms with van der Waals surface area (Å²) in [6.07, 6.45) is 20.5. The molecule has 0 fully saturated rings. The number of unbranched alkanes of at least 4 members (excludes halogenated alkanes) is 11. The first-order valence-corrected chi connectivity index (χ1v) is 17.3. The molecule has 0 aliphatic carbocycles. The molecule has 0 saturated carbocycles. The Balaban J connectivity index is 1.87. The number of carbonyl (C=O) groups excluding carboxylic acids is 2. The summed E-state index contributed by atoms with van der Waals surface area (Å²) < 4.78 is 8.50. The van der Waals surface area contributed by atoms with Crippen molar-refractivity contribution in [2.24, 2.45) is 0 Å². The van der Waals surface area contributed by atoms with Crippen LogP contribution >= 0.6 is 0 Å². The Labute approximate surface area is 263 Å². The molecule has 0 saturated heterocycles. The second-order valence-corrected chi connectivity index (χ2v) is 13.2. The molecule has 0 bridgehead atoms. The first-order chi connectivity index (χ1) is 20.7. The highest BCUT2D eigenvalue weighted by atomic mass is 16.5. The second kappa shape index (κ2) is 20.3. The van der Waals surface area contributed by atoms with Crippen LogP contribution in [-0.2, 0) is 23.2 Å². The minimum absolute atomic E-state index is 0.191. The highest BCUT2D eigenvalue weighted by Gasteiger charge is 2.25. The van der Waals surface area contributed by atoms with E-state index in [-0.39, 0.29) is 17.2 Å². The first-order valence-electron chi connectivity index (χ1n) is 17.3. The van der Waals surface area contributed by atoms with Gasteiger partial charge in [-0.2, -0.15) is 0 Å². The Kier molecular flexibility index (Phi) is 17.2. The largest absolute Gasteiger partial charge is 0.493 e. The fourth-order valence-electron chi connectivity index (χ4n) is 5.67. The van der Waals surface area contributed by atoms with E-state index in [0.29, 0.717) is 18.7 Å². The predicted molar refractivity (Wildman–Crippen MR) is 179 cm³/mol. The number of aryl methyl sites for hydroxylation is 2. The Morgan fingerprint density at radius 3 is 2.00 bits per heavy atom. The van der Waals surface area contributed by atoms with Gasteiger partial charge in [-0.25, -0.2) is 4.57 Å². The van der Waals surface area contributed by atoms with Gasteiger partial charge in [-0.15, -0.1) is 0 Å². The molecular formula is C38H61N2O3+. The van der Waals surface area contributed by atoms with E-state index in [1.54, 1.807) is 0 Å². The summed E-state index contributed by atoms with van der Waals surface area (Å²) >= 11 is 0. The third kappa shape index (κ3) is 13.7. The number of amides is 2. The van der Waals surface area contributed by atoms with Crippen molar-refractivity contribution in [3.63, 3.8) is 0 Å². The molecule has 0 aliphatic heterocycles. The molecular weight excluding hydrogens is 532 g/mol. The Hall–Kier alpha value is -2.69. The van der Waals surface area contributed by atoms with Gasteiger partial charge in [-0.05, 0) is 36.5 Å². The molecule has 240 valence electrons. The van der Waals surface area contributed by atoms with E-state index in [9.17, 15) is 9.59 Å². The maximum Gasteiger partial charge on any atom is 0.260 e. The highest BCUT2D eigenvalue weighted by Crippen LogP contribution is 2.33. The Bertz CT molecular complexity index is 1090. The van der Waals surface area contributed by atoms with Crippen molar-refractivity contribution < 1.29 is 18.9 Å². The highest BCUT2D eigenvalue weighted by molar-refractivity contribution is 6.04. The molecule has 2 rings (SSSR count). The quantitative estimate of drug-likeness (QED) is 0.107. The summed E-state index contributed by atoms with van der Waals surface area (Å²) in [6.45, 7) is 14.4. The van der Waals surface area contributed by atoms with Crippen molar-refractivity contribution in [3.05, 3.63) is 59.4 Å². The number of nitrogens with zero attached hydrogens (tertiary/aromatic N) is 2. The van der Waals surface area contributed by atoms with Crippen LogP contribution < -0.4 is 9.30 Å². The number of imide groups is 1. The molecule has 1 heterocycles. The fraction of sp³-hybridized carbons (Fsp3) is 0.658. The van der Waals surface area contributed by atoms with Crippen LogP contribution in [0.1, 0.15) is 153 Å². The maximum atomic E-state index is 13.5. The standard InChI is InChI=1S/C38H61N2O3/c1-7-9-10-11-12-13-14-15-16-17-18-21-30-43-36-26-25-33(31-35(36)38(4,5)6)37(42)40(32(3)41)29-22-24-34-23-19-20-28-39(34)27-8-2/h19-20,23,25-26,28,31H,7-18,21-22,24,27,29-30H2,1-6H3/q+1. The fourth-order valence-corrected chi connectivity index (χ4v) is 5.67. The van der Waals surface area contributed by atoms with Gasteiger partial charge in [-0.1, -0.05) is 111 Å². The normalized spacial score (nSPS) is 11.5. The van der Waals surface area contributed by atoms with Crippen LogP contribution in [0.25, 0.3) is 0 Å². The van der Waals surface area contributed by atoms with Crippen molar-refractivity contribution in [3.8, 4) is 5.75 Å². The van der Waals surface area contributed by atoms with Gasteiger partial charge >= 0.3 is 0 Å².